The Bertz CT molecular complexity index is 592. The number of nitrogens with one attached hydrogen (secondary N) is 1. The van der Waals surface area contributed by atoms with Gasteiger partial charge in [-0.2, -0.15) is 0 Å². The molecule has 0 bridgehead atoms. The molecule has 2 aromatic rings. The molecule has 0 amide bonds. The normalized spacial score (nSPS) is 10.7. The minimum atomic E-state index is 0.416. The van der Waals surface area contributed by atoms with Gasteiger partial charge < -0.3 is 10.1 Å². The summed E-state index contributed by atoms with van der Waals surface area (Å²) in [6.45, 7) is 7.51. The molecule has 0 atom stereocenters. The third kappa shape index (κ3) is 4.44. The van der Waals surface area contributed by atoms with Crippen LogP contribution >= 0.6 is 11.8 Å². The van der Waals surface area contributed by atoms with E-state index in [2.05, 4.69) is 54.3 Å². The molecule has 0 saturated carbocycles. The van der Waals surface area contributed by atoms with Gasteiger partial charge in [0.2, 0.25) is 0 Å². The van der Waals surface area contributed by atoms with Gasteiger partial charge in [0.05, 0.1) is 0 Å². The summed E-state index contributed by atoms with van der Waals surface area (Å²) in [5.74, 6) is 1.54. The minimum Gasteiger partial charge on any atom is -0.377 e. The molecule has 5 heteroatoms. The average Bonchev–Trinajstić information content (AvgIpc) is 2.43. The molecule has 1 aromatic carbocycles. The summed E-state index contributed by atoms with van der Waals surface area (Å²) in [5.41, 5.74) is 2.50. The van der Waals surface area contributed by atoms with Gasteiger partial charge in [-0.05, 0) is 38.0 Å². The molecule has 0 spiro atoms. The topological polar surface area (TPSA) is 47.0 Å². The van der Waals surface area contributed by atoms with Gasteiger partial charge in [-0.25, -0.2) is 9.97 Å². The van der Waals surface area contributed by atoms with Crippen LogP contribution in [0.4, 0.5) is 5.82 Å². The number of anilines is 1. The zero-order chi connectivity index (χ0) is 15.2. The molecule has 0 unspecified atom stereocenters. The summed E-state index contributed by atoms with van der Waals surface area (Å²) in [7, 11) is 1.65. The first-order valence-corrected chi connectivity index (χ1v) is 7.80. The second-order valence-electron chi connectivity index (χ2n) is 4.84. The molecule has 0 aliphatic carbocycles. The van der Waals surface area contributed by atoms with Crippen LogP contribution in [-0.2, 0) is 11.3 Å². The van der Waals surface area contributed by atoms with Crippen LogP contribution in [-0.4, -0.2) is 23.6 Å². The maximum Gasteiger partial charge on any atom is 0.157 e. The summed E-state index contributed by atoms with van der Waals surface area (Å²) in [5, 5.41) is 4.17. The lowest BCUT2D eigenvalue weighted by Crippen LogP contribution is -2.05. The highest BCUT2D eigenvalue weighted by Gasteiger charge is 2.08. The van der Waals surface area contributed by atoms with E-state index < -0.39 is 0 Å². The lowest BCUT2D eigenvalue weighted by atomic mass is 10.2. The van der Waals surface area contributed by atoms with Crippen molar-refractivity contribution in [2.24, 2.45) is 0 Å². The standard InChI is InChI=1S/C16H21N3OS/c1-5-17-14-9-16(19-15(18-14)10-20-4)21-13-8-11(2)6-7-12(13)3/h6-9H,5,10H2,1-4H3,(H,17,18,19). The van der Waals surface area contributed by atoms with Crippen LogP contribution < -0.4 is 5.32 Å². The summed E-state index contributed by atoms with van der Waals surface area (Å²) < 4.78 is 5.15. The number of hydrogen-bond acceptors (Lipinski definition) is 5. The minimum absolute atomic E-state index is 0.416. The van der Waals surface area contributed by atoms with Crippen LogP contribution in [0.1, 0.15) is 23.9 Å². The molecule has 1 aromatic heterocycles. The van der Waals surface area contributed by atoms with E-state index in [4.69, 9.17) is 4.74 Å². The molecule has 112 valence electrons. The molecule has 0 saturated heterocycles. The number of aromatic nitrogens is 2. The van der Waals surface area contributed by atoms with Gasteiger partial charge in [-0.15, -0.1) is 0 Å². The fraction of sp³-hybridized carbons (Fsp3) is 0.375. The Kier molecular flexibility index (Phi) is 5.59. The van der Waals surface area contributed by atoms with Crippen LogP contribution in [0.2, 0.25) is 0 Å². The Labute approximate surface area is 130 Å². The van der Waals surface area contributed by atoms with Crippen molar-refractivity contribution in [3.63, 3.8) is 0 Å². The Hall–Kier alpha value is -1.59. The summed E-state index contributed by atoms with van der Waals surface area (Å²) in [6.07, 6.45) is 0. The molecular formula is C16H21N3OS. The maximum absolute atomic E-state index is 5.15. The monoisotopic (exact) mass is 303 g/mol. The molecular weight excluding hydrogens is 282 g/mol. The highest BCUT2D eigenvalue weighted by Crippen LogP contribution is 2.30. The Balaban J connectivity index is 2.31. The Morgan fingerprint density at radius 2 is 2.00 bits per heavy atom. The fourth-order valence-corrected chi connectivity index (χ4v) is 2.94. The number of rotatable bonds is 6. The van der Waals surface area contributed by atoms with E-state index in [1.165, 1.54) is 16.0 Å². The largest absolute Gasteiger partial charge is 0.377 e. The first-order chi connectivity index (χ1) is 10.1. The number of methoxy groups -OCH3 is 1. The lowest BCUT2D eigenvalue weighted by Gasteiger charge is -2.10. The third-order valence-corrected chi connectivity index (χ3v) is 4.02. The molecule has 1 N–H and O–H groups in total. The van der Waals surface area contributed by atoms with Crippen molar-refractivity contribution in [2.45, 2.75) is 37.3 Å². The maximum atomic E-state index is 5.15. The van der Waals surface area contributed by atoms with E-state index in [0.717, 1.165) is 17.4 Å². The molecule has 0 fully saturated rings. The SMILES string of the molecule is CCNc1cc(Sc2cc(C)ccc2C)nc(COC)n1. The van der Waals surface area contributed by atoms with Crippen molar-refractivity contribution < 1.29 is 4.74 Å². The first kappa shape index (κ1) is 15.8. The van der Waals surface area contributed by atoms with Gasteiger partial charge in [0, 0.05) is 24.6 Å². The second kappa shape index (κ2) is 7.43. The molecule has 1 heterocycles. The van der Waals surface area contributed by atoms with Crippen LogP contribution in [0.3, 0.4) is 0 Å². The zero-order valence-corrected chi connectivity index (χ0v) is 13.8. The van der Waals surface area contributed by atoms with E-state index >= 15 is 0 Å². The summed E-state index contributed by atoms with van der Waals surface area (Å²) in [4.78, 5) is 10.2. The van der Waals surface area contributed by atoms with Gasteiger partial charge in [0.15, 0.2) is 5.82 Å². The van der Waals surface area contributed by atoms with E-state index in [1.807, 2.05) is 6.07 Å². The quantitative estimate of drug-likeness (QED) is 0.822. The molecule has 4 nitrogen and oxygen atoms in total. The highest BCUT2D eigenvalue weighted by atomic mass is 32.2. The molecule has 0 aliphatic heterocycles. The van der Waals surface area contributed by atoms with E-state index in [0.29, 0.717) is 12.4 Å². The molecule has 0 aliphatic rings. The number of benzene rings is 1. The van der Waals surface area contributed by atoms with Crippen LogP contribution in [0.15, 0.2) is 34.2 Å². The predicted molar refractivity (Wildman–Crippen MR) is 86.9 cm³/mol. The van der Waals surface area contributed by atoms with Crippen molar-refractivity contribution in [2.75, 3.05) is 19.0 Å². The van der Waals surface area contributed by atoms with E-state index in [9.17, 15) is 0 Å². The smallest absolute Gasteiger partial charge is 0.157 e. The van der Waals surface area contributed by atoms with Crippen LogP contribution in [0.5, 0.6) is 0 Å². The van der Waals surface area contributed by atoms with Crippen molar-refractivity contribution in [3.8, 4) is 0 Å². The summed E-state index contributed by atoms with van der Waals surface area (Å²) >= 11 is 1.66. The Morgan fingerprint density at radius 3 is 2.71 bits per heavy atom. The summed E-state index contributed by atoms with van der Waals surface area (Å²) in [6, 6.07) is 8.43. The fourth-order valence-electron chi connectivity index (χ4n) is 1.92. The zero-order valence-electron chi connectivity index (χ0n) is 12.9. The van der Waals surface area contributed by atoms with Crippen molar-refractivity contribution in [3.05, 3.63) is 41.2 Å². The van der Waals surface area contributed by atoms with Crippen LogP contribution in [0, 0.1) is 13.8 Å². The lowest BCUT2D eigenvalue weighted by molar-refractivity contribution is 0.177. The first-order valence-electron chi connectivity index (χ1n) is 6.98. The second-order valence-corrected chi connectivity index (χ2v) is 5.90. The van der Waals surface area contributed by atoms with Gasteiger partial charge in [-0.1, -0.05) is 23.9 Å². The van der Waals surface area contributed by atoms with E-state index in [1.54, 1.807) is 18.9 Å². The highest BCUT2D eigenvalue weighted by molar-refractivity contribution is 7.99. The van der Waals surface area contributed by atoms with Crippen molar-refractivity contribution in [1.29, 1.82) is 0 Å². The predicted octanol–water partition coefficient (Wildman–Crippen LogP) is 3.82. The van der Waals surface area contributed by atoms with Gasteiger partial charge >= 0.3 is 0 Å². The van der Waals surface area contributed by atoms with Crippen LogP contribution in [0.25, 0.3) is 0 Å². The van der Waals surface area contributed by atoms with Gasteiger partial charge in [0.1, 0.15) is 17.5 Å². The Morgan fingerprint density at radius 1 is 1.19 bits per heavy atom. The van der Waals surface area contributed by atoms with Crippen molar-refractivity contribution in [1.82, 2.24) is 9.97 Å². The average molecular weight is 303 g/mol. The molecule has 21 heavy (non-hydrogen) atoms. The molecule has 2 rings (SSSR count). The third-order valence-electron chi connectivity index (χ3n) is 2.94. The van der Waals surface area contributed by atoms with Crippen molar-refractivity contribution >= 4 is 17.6 Å². The number of hydrogen-bond donors (Lipinski definition) is 1. The number of aryl methyl sites for hydroxylation is 2. The number of nitrogens with zero attached hydrogens (tertiary/aromatic N) is 2. The number of ether oxygens (including phenoxy) is 1. The van der Waals surface area contributed by atoms with Gasteiger partial charge in [0.25, 0.3) is 0 Å². The van der Waals surface area contributed by atoms with Gasteiger partial charge in [-0.3, -0.25) is 0 Å². The van der Waals surface area contributed by atoms with E-state index in [-0.39, 0.29) is 0 Å². The molecule has 0 radical (unpaired) electrons.